The van der Waals surface area contributed by atoms with Gasteiger partial charge in [0.25, 0.3) is 5.56 Å². The van der Waals surface area contributed by atoms with Gasteiger partial charge < -0.3 is 9.64 Å². The van der Waals surface area contributed by atoms with Crippen molar-refractivity contribution in [1.82, 2.24) is 14.3 Å². The molecule has 166 valence electrons. The first kappa shape index (κ1) is 21.8. The Bertz CT molecular complexity index is 1380. The summed E-state index contributed by atoms with van der Waals surface area (Å²) >= 11 is 1.30. The van der Waals surface area contributed by atoms with E-state index in [9.17, 15) is 9.59 Å². The van der Waals surface area contributed by atoms with E-state index < -0.39 is 12.0 Å². The number of allylic oxidation sites excluding steroid dienone is 1. The first-order valence-corrected chi connectivity index (χ1v) is 11.1. The van der Waals surface area contributed by atoms with E-state index in [0.717, 1.165) is 23.4 Å². The summed E-state index contributed by atoms with van der Waals surface area (Å²) < 4.78 is 8.98. The molecule has 0 spiro atoms. The van der Waals surface area contributed by atoms with Crippen LogP contribution in [-0.2, 0) is 16.1 Å². The number of thiazole rings is 1. The molecule has 0 N–H and O–H groups in total. The molecule has 1 aromatic carbocycles. The van der Waals surface area contributed by atoms with Crippen molar-refractivity contribution in [2.24, 2.45) is 4.99 Å². The average Bonchev–Trinajstić information content (AvgIpc) is 3.36. The van der Waals surface area contributed by atoms with Crippen LogP contribution in [0.25, 0.3) is 6.08 Å². The first-order chi connectivity index (χ1) is 15.3. The number of aromatic nitrogens is 3. The van der Waals surface area contributed by atoms with E-state index in [-0.39, 0.29) is 5.56 Å². The van der Waals surface area contributed by atoms with Gasteiger partial charge in [-0.2, -0.15) is 5.10 Å². The average molecular weight is 452 g/mol. The fraction of sp³-hybridized carbons (Fsp3) is 0.304. The predicted octanol–water partition coefficient (Wildman–Crippen LogP) is 1.69. The van der Waals surface area contributed by atoms with Gasteiger partial charge in [-0.05, 0) is 37.6 Å². The number of anilines is 1. The van der Waals surface area contributed by atoms with Crippen molar-refractivity contribution < 1.29 is 9.53 Å². The number of benzene rings is 1. The minimum absolute atomic E-state index is 0.200. The van der Waals surface area contributed by atoms with Crippen LogP contribution >= 0.6 is 11.3 Å². The second kappa shape index (κ2) is 8.58. The molecule has 0 saturated heterocycles. The van der Waals surface area contributed by atoms with Crippen LogP contribution in [0.2, 0.25) is 0 Å². The van der Waals surface area contributed by atoms with E-state index in [1.807, 2.05) is 62.5 Å². The summed E-state index contributed by atoms with van der Waals surface area (Å²) in [4.78, 5) is 33.3. The third-order valence-corrected chi connectivity index (χ3v) is 6.41. The Morgan fingerprint density at radius 1 is 1.28 bits per heavy atom. The largest absolute Gasteiger partial charge is 0.466 e. The van der Waals surface area contributed by atoms with Crippen LogP contribution in [0.4, 0.5) is 5.69 Å². The number of nitrogens with zero attached hydrogens (tertiary/aromatic N) is 5. The second-order valence-corrected chi connectivity index (χ2v) is 8.70. The molecule has 3 heterocycles. The molecule has 0 saturated carbocycles. The molecule has 0 radical (unpaired) electrons. The van der Waals surface area contributed by atoms with E-state index in [0.29, 0.717) is 20.6 Å². The molecule has 0 amide bonds. The molecule has 0 bridgehead atoms. The van der Waals surface area contributed by atoms with Crippen LogP contribution in [0.15, 0.2) is 57.7 Å². The summed E-state index contributed by atoms with van der Waals surface area (Å²) in [5.41, 5.74) is 3.39. The highest BCUT2D eigenvalue weighted by molar-refractivity contribution is 7.07. The Hall–Kier alpha value is -3.46. The third kappa shape index (κ3) is 3.80. The zero-order chi connectivity index (χ0) is 23.0. The van der Waals surface area contributed by atoms with Crippen molar-refractivity contribution in [2.75, 3.05) is 26.1 Å². The molecule has 0 aliphatic carbocycles. The summed E-state index contributed by atoms with van der Waals surface area (Å²) in [6.45, 7) is 4.53. The molecule has 1 aliphatic rings. The number of hydrogen-bond acceptors (Lipinski definition) is 7. The number of aryl methyl sites for hydroxylation is 1. The second-order valence-electron chi connectivity index (χ2n) is 7.69. The predicted molar refractivity (Wildman–Crippen MR) is 124 cm³/mol. The van der Waals surface area contributed by atoms with Gasteiger partial charge in [-0.1, -0.05) is 23.5 Å². The van der Waals surface area contributed by atoms with Gasteiger partial charge in [0.2, 0.25) is 0 Å². The zero-order valence-corrected chi connectivity index (χ0v) is 19.5. The Balaban J connectivity index is 1.92. The maximum atomic E-state index is 13.5. The summed E-state index contributed by atoms with van der Waals surface area (Å²) in [5, 5.41) is 4.27. The lowest BCUT2D eigenvalue weighted by atomic mass is 9.95. The standard InChI is InChI=1S/C23H25N5O3S/c1-6-27-13-15(12-24-27)11-18-21(29)28-20(16-7-9-17(10-8-16)26(3)4)19(22(30)31-5)14(2)25-23(28)32-18/h7-13,20H,6H2,1-5H3/b18-11+/t20-/m1/s1. The molecule has 9 heteroatoms. The van der Waals surface area contributed by atoms with Crippen LogP contribution in [0.3, 0.4) is 0 Å². The number of esters is 1. The van der Waals surface area contributed by atoms with E-state index >= 15 is 0 Å². The number of rotatable bonds is 5. The molecular formula is C23H25N5O3S. The summed E-state index contributed by atoms with van der Waals surface area (Å²) in [7, 11) is 5.26. The third-order valence-electron chi connectivity index (χ3n) is 5.43. The highest BCUT2D eigenvalue weighted by Crippen LogP contribution is 2.31. The van der Waals surface area contributed by atoms with Gasteiger partial charge in [0.15, 0.2) is 4.80 Å². The van der Waals surface area contributed by atoms with Gasteiger partial charge in [-0.15, -0.1) is 0 Å². The van der Waals surface area contributed by atoms with Crippen molar-refractivity contribution in [3.05, 3.63) is 78.7 Å². The van der Waals surface area contributed by atoms with Gasteiger partial charge in [0, 0.05) is 38.1 Å². The number of fused-ring (bicyclic) bond motifs is 1. The maximum Gasteiger partial charge on any atom is 0.338 e. The molecule has 0 fully saturated rings. The first-order valence-electron chi connectivity index (χ1n) is 10.2. The Morgan fingerprint density at radius 3 is 2.59 bits per heavy atom. The Labute approximate surface area is 189 Å². The molecule has 4 rings (SSSR count). The number of ether oxygens (including phenoxy) is 1. The number of hydrogen-bond donors (Lipinski definition) is 0. The van der Waals surface area contributed by atoms with Crippen molar-refractivity contribution in [3.8, 4) is 0 Å². The molecule has 2 aromatic heterocycles. The Kier molecular flexibility index (Phi) is 5.84. The lowest BCUT2D eigenvalue weighted by Gasteiger charge is -2.25. The fourth-order valence-corrected chi connectivity index (χ4v) is 4.79. The lowest BCUT2D eigenvalue weighted by molar-refractivity contribution is -0.136. The molecule has 1 atom stereocenters. The van der Waals surface area contributed by atoms with Crippen LogP contribution in [0.1, 0.15) is 31.0 Å². The minimum Gasteiger partial charge on any atom is -0.466 e. The topological polar surface area (TPSA) is 81.7 Å². The van der Waals surface area contributed by atoms with Crippen LogP contribution in [0, 0.1) is 0 Å². The number of carbonyl (C=O) groups excluding carboxylic acids is 1. The van der Waals surface area contributed by atoms with Gasteiger partial charge >= 0.3 is 5.97 Å². The van der Waals surface area contributed by atoms with Crippen LogP contribution in [0.5, 0.6) is 0 Å². The molecule has 1 aliphatic heterocycles. The van der Waals surface area contributed by atoms with Crippen molar-refractivity contribution in [3.63, 3.8) is 0 Å². The lowest BCUT2D eigenvalue weighted by Crippen LogP contribution is -2.39. The van der Waals surface area contributed by atoms with Crippen LogP contribution < -0.4 is 19.8 Å². The highest BCUT2D eigenvalue weighted by atomic mass is 32.1. The number of carbonyl (C=O) groups is 1. The molecule has 32 heavy (non-hydrogen) atoms. The Morgan fingerprint density at radius 2 is 2.00 bits per heavy atom. The monoisotopic (exact) mass is 451 g/mol. The molecular weight excluding hydrogens is 426 g/mol. The molecule has 8 nitrogen and oxygen atoms in total. The summed E-state index contributed by atoms with van der Waals surface area (Å²) in [6.07, 6.45) is 5.43. The fourth-order valence-electron chi connectivity index (χ4n) is 3.74. The van der Waals surface area contributed by atoms with Gasteiger partial charge in [-0.3, -0.25) is 14.0 Å². The van der Waals surface area contributed by atoms with Crippen molar-refractivity contribution in [2.45, 2.75) is 26.4 Å². The SMILES string of the molecule is CCn1cc(/C=c2/sc3n(c2=O)[C@H](c2ccc(N(C)C)cc2)C(C(=O)OC)=C(C)N=3)cn1. The smallest absolute Gasteiger partial charge is 0.338 e. The molecule has 3 aromatic rings. The maximum absolute atomic E-state index is 13.5. The van der Waals surface area contributed by atoms with Gasteiger partial charge in [0.05, 0.1) is 35.2 Å². The van der Waals surface area contributed by atoms with E-state index in [2.05, 4.69) is 10.1 Å². The highest BCUT2D eigenvalue weighted by Gasteiger charge is 2.33. The quantitative estimate of drug-likeness (QED) is 0.552. The van der Waals surface area contributed by atoms with Crippen molar-refractivity contribution >= 4 is 29.1 Å². The summed E-state index contributed by atoms with van der Waals surface area (Å²) in [6, 6.07) is 7.19. The van der Waals surface area contributed by atoms with Crippen molar-refractivity contribution in [1.29, 1.82) is 0 Å². The summed E-state index contributed by atoms with van der Waals surface area (Å²) in [5.74, 6) is -0.494. The zero-order valence-electron chi connectivity index (χ0n) is 18.7. The molecule has 0 unspecified atom stereocenters. The van der Waals surface area contributed by atoms with E-state index in [4.69, 9.17) is 4.74 Å². The normalized spacial score (nSPS) is 16.0. The van der Waals surface area contributed by atoms with Gasteiger partial charge in [-0.25, -0.2) is 9.79 Å². The van der Waals surface area contributed by atoms with Crippen LogP contribution in [-0.4, -0.2) is 41.5 Å². The van der Waals surface area contributed by atoms with Gasteiger partial charge in [0.1, 0.15) is 0 Å². The van der Waals surface area contributed by atoms with E-state index in [1.54, 1.807) is 22.4 Å². The van der Waals surface area contributed by atoms with E-state index in [1.165, 1.54) is 18.4 Å². The number of methoxy groups -OCH3 is 1. The minimum atomic E-state index is -0.615.